The Morgan fingerprint density at radius 1 is 1.25 bits per heavy atom. The van der Waals surface area contributed by atoms with Gasteiger partial charge in [0.25, 0.3) is 5.91 Å². The molecule has 5 nitrogen and oxygen atoms in total. The van der Waals surface area contributed by atoms with Gasteiger partial charge in [0.05, 0.1) is 19.8 Å². The van der Waals surface area contributed by atoms with Crippen molar-refractivity contribution in [1.82, 2.24) is 4.90 Å². The van der Waals surface area contributed by atoms with Crippen molar-refractivity contribution in [2.24, 2.45) is 0 Å². The van der Waals surface area contributed by atoms with Crippen molar-refractivity contribution in [2.45, 2.75) is 12.8 Å². The molecule has 2 aliphatic rings. The average molecular weight is 277 g/mol. The summed E-state index contributed by atoms with van der Waals surface area (Å²) < 4.78 is 16.4. The molecule has 2 heterocycles. The molecule has 1 aromatic carbocycles. The average Bonchev–Trinajstić information content (AvgIpc) is 2.53. The lowest BCUT2D eigenvalue weighted by molar-refractivity contribution is -0.137. The molecule has 1 saturated heterocycles. The van der Waals surface area contributed by atoms with E-state index in [1.807, 2.05) is 18.2 Å². The zero-order chi connectivity index (χ0) is 13.8. The Bertz CT molecular complexity index is 483. The van der Waals surface area contributed by atoms with Gasteiger partial charge in [0.2, 0.25) is 0 Å². The van der Waals surface area contributed by atoms with Crippen LogP contribution in [0.1, 0.15) is 12.0 Å². The molecule has 1 aromatic rings. The first kappa shape index (κ1) is 13.2. The van der Waals surface area contributed by atoms with Crippen LogP contribution in [0.15, 0.2) is 18.2 Å². The van der Waals surface area contributed by atoms with Gasteiger partial charge in [0.1, 0.15) is 11.5 Å². The second-order valence-electron chi connectivity index (χ2n) is 5.00. The van der Waals surface area contributed by atoms with E-state index in [9.17, 15) is 4.79 Å². The number of benzene rings is 1. The van der Waals surface area contributed by atoms with Crippen molar-refractivity contribution in [1.29, 1.82) is 0 Å². The minimum absolute atomic E-state index is 0.0160. The van der Waals surface area contributed by atoms with Crippen molar-refractivity contribution >= 4 is 5.91 Å². The van der Waals surface area contributed by atoms with E-state index in [0.717, 1.165) is 36.5 Å². The van der Waals surface area contributed by atoms with Gasteiger partial charge in [0, 0.05) is 13.1 Å². The van der Waals surface area contributed by atoms with Crippen LogP contribution in [0.25, 0.3) is 0 Å². The molecule has 0 radical (unpaired) electrons. The zero-order valence-corrected chi connectivity index (χ0v) is 11.5. The first-order chi connectivity index (χ1) is 9.83. The SMILES string of the molecule is O=C(COc1ccc2c(c1)CCCO2)N1CCOCC1. The Labute approximate surface area is 118 Å². The molecular weight excluding hydrogens is 258 g/mol. The molecule has 5 heteroatoms. The van der Waals surface area contributed by atoms with Crippen LogP contribution in [-0.4, -0.2) is 50.3 Å². The van der Waals surface area contributed by atoms with Gasteiger partial charge >= 0.3 is 0 Å². The fraction of sp³-hybridized carbons (Fsp3) is 0.533. The maximum Gasteiger partial charge on any atom is 0.260 e. The molecular formula is C15H19NO4. The van der Waals surface area contributed by atoms with Crippen LogP contribution in [0.2, 0.25) is 0 Å². The first-order valence-electron chi connectivity index (χ1n) is 7.07. The number of nitrogens with zero attached hydrogens (tertiary/aromatic N) is 1. The molecule has 1 fully saturated rings. The van der Waals surface area contributed by atoms with Gasteiger partial charge in [-0.1, -0.05) is 0 Å². The highest BCUT2D eigenvalue weighted by atomic mass is 16.5. The van der Waals surface area contributed by atoms with E-state index in [2.05, 4.69) is 0 Å². The fourth-order valence-corrected chi connectivity index (χ4v) is 2.48. The highest BCUT2D eigenvalue weighted by Crippen LogP contribution is 2.28. The summed E-state index contributed by atoms with van der Waals surface area (Å²) in [4.78, 5) is 13.8. The molecule has 0 bridgehead atoms. The van der Waals surface area contributed by atoms with Gasteiger partial charge < -0.3 is 19.1 Å². The van der Waals surface area contributed by atoms with Crippen LogP contribution >= 0.6 is 0 Å². The molecule has 2 aliphatic heterocycles. The number of fused-ring (bicyclic) bond motifs is 1. The third-order valence-corrected chi connectivity index (χ3v) is 3.61. The number of amides is 1. The summed E-state index contributed by atoms with van der Waals surface area (Å²) >= 11 is 0. The monoisotopic (exact) mass is 277 g/mol. The molecule has 0 atom stereocenters. The van der Waals surface area contributed by atoms with E-state index in [4.69, 9.17) is 14.2 Å². The Morgan fingerprint density at radius 2 is 2.10 bits per heavy atom. The first-order valence-corrected chi connectivity index (χ1v) is 7.07. The highest BCUT2D eigenvalue weighted by Gasteiger charge is 2.17. The summed E-state index contributed by atoms with van der Waals surface area (Å²) in [5.41, 5.74) is 1.16. The van der Waals surface area contributed by atoms with Crippen molar-refractivity contribution in [2.75, 3.05) is 39.5 Å². The Kier molecular flexibility index (Phi) is 4.06. The highest BCUT2D eigenvalue weighted by molar-refractivity contribution is 5.77. The summed E-state index contributed by atoms with van der Waals surface area (Å²) in [6.45, 7) is 3.40. The summed E-state index contributed by atoms with van der Waals surface area (Å²) in [6, 6.07) is 5.75. The van der Waals surface area contributed by atoms with Crippen molar-refractivity contribution in [3.63, 3.8) is 0 Å². The number of hydrogen-bond donors (Lipinski definition) is 0. The molecule has 0 aromatic heterocycles. The van der Waals surface area contributed by atoms with Crippen LogP contribution in [0.5, 0.6) is 11.5 Å². The predicted octanol–water partition coefficient (Wildman–Crippen LogP) is 1.25. The molecule has 0 spiro atoms. The summed E-state index contributed by atoms with van der Waals surface area (Å²) in [7, 11) is 0. The number of carbonyl (C=O) groups is 1. The predicted molar refractivity (Wildman–Crippen MR) is 73.2 cm³/mol. The number of morpholine rings is 1. The Morgan fingerprint density at radius 3 is 2.95 bits per heavy atom. The van der Waals surface area contributed by atoms with Crippen LogP contribution < -0.4 is 9.47 Å². The summed E-state index contributed by atoms with van der Waals surface area (Å²) in [6.07, 6.45) is 2.03. The van der Waals surface area contributed by atoms with E-state index >= 15 is 0 Å². The van der Waals surface area contributed by atoms with E-state index in [1.54, 1.807) is 4.90 Å². The summed E-state index contributed by atoms with van der Waals surface area (Å²) in [5.74, 6) is 1.68. The van der Waals surface area contributed by atoms with Gasteiger partial charge in [-0.05, 0) is 36.6 Å². The third-order valence-electron chi connectivity index (χ3n) is 3.61. The van der Waals surface area contributed by atoms with Gasteiger partial charge in [-0.3, -0.25) is 4.79 Å². The topological polar surface area (TPSA) is 48.0 Å². The molecule has 0 aliphatic carbocycles. The van der Waals surface area contributed by atoms with Gasteiger partial charge in [-0.15, -0.1) is 0 Å². The van der Waals surface area contributed by atoms with Crippen LogP contribution in [0, 0.1) is 0 Å². The largest absolute Gasteiger partial charge is 0.493 e. The minimum Gasteiger partial charge on any atom is -0.493 e. The van der Waals surface area contributed by atoms with Gasteiger partial charge in [0.15, 0.2) is 6.61 Å². The number of ether oxygens (including phenoxy) is 3. The lowest BCUT2D eigenvalue weighted by atomic mass is 10.1. The Balaban J connectivity index is 1.56. The molecule has 3 rings (SSSR count). The molecule has 108 valence electrons. The molecule has 1 amide bonds. The van der Waals surface area contributed by atoms with E-state index in [-0.39, 0.29) is 12.5 Å². The maximum absolute atomic E-state index is 12.0. The molecule has 0 N–H and O–H groups in total. The second kappa shape index (κ2) is 6.13. The number of aryl methyl sites for hydroxylation is 1. The van der Waals surface area contributed by atoms with Crippen molar-refractivity contribution in [3.8, 4) is 11.5 Å². The van der Waals surface area contributed by atoms with Crippen molar-refractivity contribution in [3.05, 3.63) is 23.8 Å². The second-order valence-corrected chi connectivity index (χ2v) is 5.00. The molecule has 0 unspecified atom stereocenters. The number of rotatable bonds is 3. The fourth-order valence-electron chi connectivity index (χ4n) is 2.48. The number of hydrogen-bond acceptors (Lipinski definition) is 4. The standard InChI is InChI=1S/C15H19NO4/c17-15(16-5-8-18-9-6-16)11-20-13-3-4-14-12(10-13)2-1-7-19-14/h3-4,10H,1-2,5-9,11H2. The third kappa shape index (κ3) is 3.04. The Hall–Kier alpha value is -1.75. The smallest absolute Gasteiger partial charge is 0.260 e. The van der Waals surface area contributed by atoms with Crippen LogP contribution in [0.4, 0.5) is 0 Å². The molecule has 0 saturated carbocycles. The number of carbonyl (C=O) groups excluding carboxylic acids is 1. The lowest BCUT2D eigenvalue weighted by Crippen LogP contribution is -2.42. The summed E-state index contributed by atoms with van der Waals surface area (Å²) in [5, 5.41) is 0. The van der Waals surface area contributed by atoms with Crippen LogP contribution in [0.3, 0.4) is 0 Å². The quantitative estimate of drug-likeness (QED) is 0.834. The van der Waals surface area contributed by atoms with Crippen LogP contribution in [-0.2, 0) is 16.0 Å². The van der Waals surface area contributed by atoms with E-state index in [0.29, 0.717) is 26.3 Å². The normalized spacial score (nSPS) is 18.1. The molecule has 20 heavy (non-hydrogen) atoms. The van der Waals surface area contributed by atoms with E-state index < -0.39 is 0 Å². The zero-order valence-electron chi connectivity index (χ0n) is 11.5. The lowest BCUT2D eigenvalue weighted by Gasteiger charge is -2.26. The van der Waals surface area contributed by atoms with Gasteiger partial charge in [-0.2, -0.15) is 0 Å². The minimum atomic E-state index is 0.0160. The van der Waals surface area contributed by atoms with E-state index in [1.165, 1.54) is 0 Å². The maximum atomic E-state index is 12.0. The van der Waals surface area contributed by atoms with Crippen molar-refractivity contribution < 1.29 is 19.0 Å². The van der Waals surface area contributed by atoms with Gasteiger partial charge in [-0.25, -0.2) is 0 Å².